The number of carboxylic acid groups (broad SMARTS) is 1. The third-order valence-electron chi connectivity index (χ3n) is 2.41. The Morgan fingerprint density at radius 2 is 2.00 bits per heavy atom. The van der Waals surface area contributed by atoms with Crippen LogP contribution in [0.15, 0.2) is 29.2 Å². The number of carbonyl (C=O) groups is 1. The third-order valence-corrected chi connectivity index (χ3v) is 4.10. The highest BCUT2D eigenvalue weighted by Gasteiger charge is 2.17. The fraction of sp³-hybridized carbons (Fsp3) is 0.333. The van der Waals surface area contributed by atoms with Crippen molar-refractivity contribution in [3.63, 3.8) is 0 Å². The fourth-order valence-corrected chi connectivity index (χ4v) is 2.36. The zero-order valence-electron chi connectivity index (χ0n) is 10.2. The molecule has 0 saturated carbocycles. The van der Waals surface area contributed by atoms with Crippen molar-refractivity contribution in [3.05, 3.63) is 29.8 Å². The van der Waals surface area contributed by atoms with Gasteiger partial charge in [-0.2, -0.15) is 5.26 Å². The Morgan fingerprint density at radius 1 is 1.42 bits per heavy atom. The maximum absolute atomic E-state index is 11.9. The maximum atomic E-state index is 11.9. The smallest absolute Gasteiger partial charge is 0.332 e. The fourth-order valence-electron chi connectivity index (χ4n) is 1.26. The molecule has 102 valence electrons. The van der Waals surface area contributed by atoms with Crippen LogP contribution in [0, 0.1) is 11.3 Å². The molecule has 0 bridgehead atoms. The first-order valence-electron chi connectivity index (χ1n) is 5.44. The molecule has 0 unspecified atom stereocenters. The Hall–Kier alpha value is -1.91. The summed E-state index contributed by atoms with van der Waals surface area (Å²) in [5.41, 5.74) is 0.370. The van der Waals surface area contributed by atoms with Crippen molar-refractivity contribution < 1.29 is 23.1 Å². The van der Waals surface area contributed by atoms with Gasteiger partial charge in [-0.15, -0.1) is 0 Å². The van der Waals surface area contributed by atoms with E-state index in [2.05, 4.69) is 0 Å². The molecule has 1 atom stereocenters. The highest BCUT2D eigenvalue weighted by molar-refractivity contribution is 7.91. The van der Waals surface area contributed by atoms with Crippen molar-refractivity contribution in [1.29, 1.82) is 5.26 Å². The summed E-state index contributed by atoms with van der Waals surface area (Å²) in [5, 5.41) is 17.2. The second-order valence-electron chi connectivity index (χ2n) is 3.81. The first-order valence-corrected chi connectivity index (χ1v) is 7.09. The van der Waals surface area contributed by atoms with E-state index in [1.807, 2.05) is 6.07 Å². The van der Waals surface area contributed by atoms with Gasteiger partial charge in [0.05, 0.1) is 28.9 Å². The monoisotopic (exact) mass is 283 g/mol. The lowest BCUT2D eigenvalue weighted by Crippen LogP contribution is -2.23. The van der Waals surface area contributed by atoms with Gasteiger partial charge in [0.2, 0.25) is 0 Å². The molecule has 0 radical (unpaired) electrons. The molecule has 0 fully saturated rings. The maximum Gasteiger partial charge on any atom is 0.332 e. The van der Waals surface area contributed by atoms with E-state index in [9.17, 15) is 13.2 Å². The molecule has 1 aromatic carbocycles. The van der Waals surface area contributed by atoms with Gasteiger partial charge in [-0.05, 0) is 31.2 Å². The standard InChI is InChI=1S/C12H13NO5S/c1-9(12(14)15)18-6-7-19(16,17)11-4-2-10(8-13)3-5-11/h2-5,9H,6-7H2,1H3,(H,14,15)/t9-/m1/s1. The summed E-state index contributed by atoms with van der Waals surface area (Å²) in [4.78, 5) is 10.6. The lowest BCUT2D eigenvalue weighted by Gasteiger charge is -2.08. The molecular weight excluding hydrogens is 270 g/mol. The van der Waals surface area contributed by atoms with Gasteiger partial charge in [0.1, 0.15) is 0 Å². The van der Waals surface area contributed by atoms with Crippen LogP contribution >= 0.6 is 0 Å². The van der Waals surface area contributed by atoms with Gasteiger partial charge in [0.25, 0.3) is 0 Å². The van der Waals surface area contributed by atoms with E-state index in [-0.39, 0.29) is 17.3 Å². The predicted molar refractivity (Wildman–Crippen MR) is 66.3 cm³/mol. The quantitative estimate of drug-likeness (QED) is 0.828. The Kier molecular flexibility index (Phi) is 5.03. The molecule has 6 nitrogen and oxygen atoms in total. The average Bonchev–Trinajstić information content (AvgIpc) is 2.38. The lowest BCUT2D eigenvalue weighted by atomic mass is 10.2. The van der Waals surface area contributed by atoms with Crippen LogP contribution in [-0.2, 0) is 19.4 Å². The zero-order chi connectivity index (χ0) is 14.5. The SMILES string of the molecule is C[C@@H](OCCS(=O)(=O)c1ccc(C#N)cc1)C(=O)O. The van der Waals surface area contributed by atoms with Gasteiger partial charge in [-0.25, -0.2) is 13.2 Å². The molecule has 0 spiro atoms. The van der Waals surface area contributed by atoms with E-state index >= 15 is 0 Å². The molecule has 0 heterocycles. The molecule has 0 saturated heterocycles. The number of sulfone groups is 1. The van der Waals surface area contributed by atoms with E-state index in [0.717, 1.165) is 0 Å². The van der Waals surface area contributed by atoms with E-state index in [1.165, 1.54) is 31.2 Å². The Balaban J connectivity index is 2.66. The second-order valence-corrected chi connectivity index (χ2v) is 5.92. The predicted octanol–water partition coefficient (Wildman–Crippen LogP) is 0.822. The van der Waals surface area contributed by atoms with Crippen LogP contribution in [0.3, 0.4) is 0 Å². The van der Waals surface area contributed by atoms with Crippen molar-refractivity contribution in [2.24, 2.45) is 0 Å². The van der Waals surface area contributed by atoms with Crippen LogP contribution in [0.2, 0.25) is 0 Å². The summed E-state index contributed by atoms with van der Waals surface area (Å²) < 4.78 is 28.6. The van der Waals surface area contributed by atoms with Gasteiger partial charge in [-0.1, -0.05) is 0 Å². The molecule has 0 aliphatic heterocycles. The molecule has 0 amide bonds. The van der Waals surface area contributed by atoms with E-state index in [1.54, 1.807) is 0 Å². The normalized spacial score (nSPS) is 12.6. The van der Waals surface area contributed by atoms with Gasteiger partial charge >= 0.3 is 5.97 Å². The minimum Gasteiger partial charge on any atom is -0.479 e. The number of carboxylic acids is 1. The summed E-state index contributed by atoms with van der Waals surface area (Å²) in [6.07, 6.45) is -1.05. The first kappa shape index (κ1) is 15.1. The summed E-state index contributed by atoms with van der Waals surface area (Å²) in [6, 6.07) is 7.40. The summed E-state index contributed by atoms with van der Waals surface area (Å²) in [7, 11) is -3.53. The Labute approximate surface area is 111 Å². The number of benzene rings is 1. The van der Waals surface area contributed by atoms with Crippen LogP contribution in [0.25, 0.3) is 0 Å². The topological polar surface area (TPSA) is 104 Å². The molecular formula is C12H13NO5S. The minimum atomic E-state index is -3.53. The van der Waals surface area contributed by atoms with E-state index in [4.69, 9.17) is 15.1 Å². The van der Waals surface area contributed by atoms with Gasteiger partial charge in [0.15, 0.2) is 15.9 Å². The number of ether oxygens (including phenoxy) is 1. The number of nitrogens with zero attached hydrogens (tertiary/aromatic N) is 1. The number of aliphatic carboxylic acids is 1. The summed E-state index contributed by atoms with van der Waals surface area (Å²) in [6.45, 7) is 1.13. The average molecular weight is 283 g/mol. The number of rotatable bonds is 6. The van der Waals surface area contributed by atoms with Crippen molar-refractivity contribution >= 4 is 15.8 Å². The molecule has 0 aliphatic rings. The van der Waals surface area contributed by atoms with Crippen LogP contribution < -0.4 is 0 Å². The highest BCUT2D eigenvalue weighted by Crippen LogP contribution is 2.12. The van der Waals surface area contributed by atoms with E-state index in [0.29, 0.717) is 5.56 Å². The number of hydrogen-bond acceptors (Lipinski definition) is 5. The number of hydrogen-bond donors (Lipinski definition) is 1. The highest BCUT2D eigenvalue weighted by atomic mass is 32.2. The van der Waals surface area contributed by atoms with Gasteiger partial charge in [-0.3, -0.25) is 0 Å². The minimum absolute atomic E-state index is 0.0816. The van der Waals surface area contributed by atoms with Crippen molar-refractivity contribution in [3.8, 4) is 6.07 Å². The molecule has 1 N–H and O–H groups in total. The Bertz CT molecular complexity index is 586. The van der Waals surface area contributed by atoms with Crippen molar-refractivity contribution in [2.45, 2.75) is 17.9 Å². The van der Waals surface area contributed by atoms with Gasteiger partial charge < -0.3 is 9.84 Å². The Morgan fingerprint density at radius 3 is 2.47 bits per heavy atom. The van der Waals surface area contributed by atoms with Crippen LogP contribution in [0.4, 0.5) is 0 Å². The van der Waals surface area contributed by atoms with E-state index < -0.39 is 21.9 Å². The zero-order valence-corrected chi connectivity index (χ0v) is 11.1. The first-order chi connectivity index (χ1) is 8.86. The molecule has 19 heavy (non-hydrogen) atoms. The second kappa shape index (κ2) is 6.31. The molecule has 7 heteroatoms. The molecule has 1 rings (SSSR count). The number of nitriles is 1. The lowest BCUT2D eigenvalue weighted by molar-refractivity contribution is -0.148. The van der Waals surface area contributed by atoms with Crippen molar-refractivity contribution in [2.75, 3.05) is 12.4 Å². The summed E-state index contributed by atoms with van der Waals surface area (Å²) >= 11 is 0. The van der Waals surface area contributed by atoms with Crippen LogP contribution in [-0.4, -0.2) is 38.0 Å². The van der Waals surface area contributed by atoms with Crippen LogP contribution in [0.1, 0.15) is 12.5 Å². The largest absolute Gasteiger partial charge is 0.479 e. The third kappa shape index (κ3) is 4.35. The van der Waals surface area contributed by atoms with Gasteiger partial charge in [0, 0.05) is 0 Å². The van der Waals surface area contributed by atoms with Crippen LogP contribution in [0.5, 0.6) is 0 Å². The molecule has 1 aromatic rings. The summed E-state index contributed by atoms with van der Waals surface area (Å²) in [5.74, 6) is -1.45. The van der Waals surface area contributed by atoms with Crippen molar-refractivity contribution in [1.82, 2.24) is 0 Å². The molecule has 0 aliphatic carbocycles. The molecule has 0 aromatic heterocycles.